The first kappa shape index (κ1) is 9.77. The molecule has 0 amide bonds. The zero-order chi connectivity index (χ0) is 8.81. The predicted molar refractivity (Wildman–Crippen MR) is 55.1 cm³/mol. The Kier molecular flexibility index (Phi) is 4.36. The van der Waals surface area contributed by atoms with E-state index in [0.717, 1.165) is 6.42 Å². The molecule has 3 heteroatoms. The van der Waals surface area contributed by atoms with E-state index < -0.39 is 9.07 Å². The molecular weight excluding hydrogens is 188 g/mol. The Hall–Kier alpha value is -0.313. The van der Waals surface area contributed by atoms with E-state index >= 15 is 0 Å². The third-order valence-corrected chi connectivity index (χ3v) is 2.79. The molecule has 1 unspecified atom stereocenters. The van der Waals surface area contributed by atoms with Crippen LogP contribution in [0.3, 0.4) is 0 Å². The maximum absolute atomic E-state index is 5.58. The van der Waals surface area contributed by atoms with Crippen LogP contribution < -0.4 is 0 Å². The van der Waals surface area contributed by atoms with Crippen LogP contribution in [-0.2, 0) is 10.8 Å². The molecule has 0 saturated carbocycles. The van der Waals surface area contributed by atoms with Gasteiger partial charge in [0.1, 0.15) is 0 Å². The van der Waals surface area contributed by atoms with Crippen molar-refractivity contribution >= 4 is 20.2 Å². The van der Waals surface area contributed by atoms with Crippen LogP contribution in [0.5, 0.6) is 0 Å². The summed E-state index contributed by atoms with van der Waals surface area (Å²) in [5, 5.41) is 0. The molecule has 0 heterocycles. The van der Waals surface area contributed by atoms with Crippen LogP contribution in [0.4, 0.5) is 0 Å². The maximum atomic E-state index is 5.58. The number of hydrogen-bond donors (Lipinski definition) is 0. The highest BCUT2D eigenvalue weighted by Crippen LogP contribution is 2.04. The van der Waals surface area contributed by atoms with Crippen LogP contribution in [-0.4, -0.2) is 15.2 Å². The van der Waals surface area contributed by atoms with Gasteiger partial charge in [0.15, 0.2) is 0 Å². The summed E-state index contributed by atoms with van der Waals surface area (Å²) in [4.78, 5) is 0. The molecule has 0 bridgehead atoms. The average Bonchev–Trinajstić information content (AvgIpc) is 2.06. The van der Waals surface area contributed by atoms with Gasteiger partial charge in [-0.05, 0) is 18.9 Å². The minimum absolute atomic E-state index is 0.261. The van der Waals surface area contributed by atoms with Gasteiger partial charge in [-0.1, -0.05) is 30.3 Å². The number of benzene rings is 1. The zero-order valence-corrected chi connectivity index (χ0v) is 9.33. The topological polar surface area (TPSA) is 9.23 Å². The van der Waals surface area contributed by atoms with Gasteiger partial charge in [0.05, 0.1) is 0 Å². The Morgan fingerprint density at radius 3 is 2.67 bits per heavy atom. The fraction of sp³-hybridized carbons (Fsp3) is 0.333. The third kappa shape index (κ3) is 3.39. The van der Waals surface area contributed by atoms with Crippen LogP contribution in [0, 0.1) is 0 Å². The Morgan fingerprint density at radius 1 is 1.42 bits per heavy atom. The molecular formula is C9H13ClOSi. The summed E-state index contributed by atoms with van der Waals surface area (Å²) in [6.45, 7) is 2.06. The Bertz CT molecular complexity index is 215. The van der Waals surface area contributed by atoms with Crippen LogP contribution in [0.25, 0.3) is 0 Å². The largest absolute Gasteiger partial charge is 0.405 e. The van der Waals surface area contributed by atoms with Crippen molar-refractivity contribution in [2.75, 3.05) is 0 Å². The van der Waals surface area contributed by atoms with Crippen molar-refractivity contribution in [2.45, 2.75) is 19.4 Å². The van der Waals surface area contributed by atoms with E-state index in [1.165, 1.54) is 5.56 Å². The minimum Gasteiger partial charge on any atom is -0.405 e. The normalized spacial score (nSPS) is 13.8. The molecule has 0 aliphatic carbocycles. The summed E-state index contributed by atoms with van der Waals surface area (Å²) in [6.07, 6.45) is 1.22. The Morgan fingerprint density at radius 2 is 2.08 bits per heavy atom. The number of rotatable bonds is 4. The molecule has 0 fully saturated rings. The molecule has 1 nitrogen and oxygen atoms in total. The van der Waals surface area contributed by atoms with Gasteiger partial charge in [-0.15, -0.1) is 11.1 Å². The zero-order valence-electron chi connectivity index (χ0n) is 7.16. The molecule has 0 spiro atoms. The third-order valence-electron chi connectivity index (χ3n) is 1.71. The van der Waals surface area contributed by atoms with Crippen molar-refractivity contribution in [1.29, 1.82) is 0 Å². The lowest BCUT2D eigenvalue weighted by Gasteiger charge is -2.10. The standard InChI is InChI=1S/C9H13ClOSi/c1-8(11-12-10)7-9-5-3-2-4-6-9/h2-6,8H,7,12H2,1H3. The second-order valence-corrected chi connectivity index (χ2v) is 3.98. The van der Waals surface area contributed by atoms with Crippen molar-refractivity contribution in [3.63, 3.8) is 0 Å². The van der Waals surface area contributed by atoms with Crippen LogP contribution in [0.15, 0.2) is 30.3 Å². The fourth-order valence-corrected chi connectivity index (χ4v) is 2.09. The summed E-state index contributed by atoms with van der Waals surface area (Å²) < 4.78 is 5.35. The lowest BCUT2D eigenvalue weighted by molar-refractivity contribution is 0.241. The van der Waals surface area contributed by atoms with Gasteiger partial charge in [-0.2, -0.15) is 0 Å². The van der Waals surface area contributed by atoms with Gasteiger partial charge >= 0.3 is 0 Å². The van der Waals surface area contributed by atoms with Crippen molar-refractivity contribution in [1.82, 2.24) is 0 Å². The molecule has 0 radical (unpaired) electrons. The lowest BCUT2D eigenvalue weighted by atomic mass is 10.1. The molecule has 12 heavy (non-hydrogen) atoms. The maximum Gasteiger partial charge on any atom is 0.258 e. The Labute approximate surface area is 80.3 Å². The van der Waals surface area contributed by atoms with E-state index in [1.807, 2.05) is 18.2 Å². The van der Waals surface area contributed by atoms with E-state index in [9.17, 15) is 0 Å². The predicted octanol–water partition coefficient (Wildman–Crippen LogP) is 1.87. The molecule has 0 N–H and O–H groups in total. The average molecular weight is 201 g/mol. The van der Waals surface area contributed by atoms with Crippen molar-refractivity contribution in [2.24, 2.45) is 0 Å². The van der Waals surface area contributed by atoms with E-state index in [-0.39, 0.29) is 6.10 Å². The summed E-state index contributed by atoms with van der Waals surface area (Å²) in [6, 6.07) is 10.3. The fourth-order valence-electron chi connectivity index (χ4n) is 1.11. The number of halogens is 1. The van der Waals surface area contributed by atoms with Crippen molar-refractivity contribution in [3.05, 3.63) is 35.9 Å². The first-order valence-electron chi connectivity index (χ1n) is 4.04. The number of hydrogen-bond acceptors (Lipinski definition) is 1. The first-order valence-corrected chi connectivity index (χ1v) is 6.76. The molecule has 1 aromatic carbocycles. The molecule has 1 aromatic rings. The van der Waals surface area contributed by atoms with Gasteiger partial charge in [0, 0.05) is 6.10 Å². The highest BCUT2D eigenvalue weighted by Gasteiger charge is 2.01. The smallest absolute Gasteiger partial charge is 0.258 e. The lowest BCUT2D eigenvalue weighted by Crippen LogP contribution is -2.11. The second kappa shape index (κ2) is 5.35. The van der Waals surface area contributed by atoms with Gasteiger partial charge < -0.3 is 4.43 Å². The van der Waals surface area contributed by atoms with Crippen LogP contribution in [0.2, 0.25) is 0 Å². The summed E-state index contributed by atoms with van der Waals surface area (Å²) >= 11 is 5.58. The van der Waals surface area contributed by atoms with Gasteiger partial charge in [0.2, 0.25) is 0 Å². The van der Waals surface area contributed by atoms with E-state index in [1.54, 1.807) is 0 Å². The molecule has 1 rings (SSSR count). The first-order chi connectivity index (χ1) is 5.83. The highest BCUT2D eigenvalue weighted by molar-refractivity contribution is 6.89. The Balaban J connectivity index is 2.41. The van der Waals surface area contributed by atoms with Crippen LogP contribution >= 0.6 is 11.1 Å². The van der Waals surface area contributed by atoms with E-state index in [2.05, 4.69) is 19.1 Å². The molecule has 0 aliphatic heterocycles. The SMILES string of the molecule is CC(Cc1ccccc1)O[SiH2]Cl. The van der Waals surface area contributed by atoms with Gasteiger partial charge in [-0.25, -0.2) is 0 Å². The second-order valence-electron chi connectivity index (χ2n) is 2.78. The van der Waals surface area contributed by atoms with E-state index in [4.69, 9.17) is 15.5 Å². The van der Waals surface area contributed by atoms with Crippen molar-refractivity contribution in [3.8, 4) is 0 Å². The molecule has 0 aromatic heterocycles. The summed E-state index contributed by atoms with van der Waals surface area (Å²) in [5.74, 6) is 0. The summed E-state index contributed by atoms with van der Waals surface area (Å²) in [7, 11) is -0.777. The molecule has 66 valence electrons. The van der Waals surface area contributed by atoms with Crippen LogP contribution in [0.1, 0.15) is 12.5 Å². The molecule has 0 aliphatic rings. The van der Waals surface area contributed by atoms with Gasteiger partial charge in [-0.3, -0.25) is 0 Å². The monoisotopic (exact) mass is 200 g/mol. The van der Waals surface area contributed by atoms with Gasteiger partial charge in [0.25, 0.3) is 9.07 Å². The van der Waals surface area contributed by atoms with Crippen molar-refractivity contribution < 1.29 is 4.43 Å². The quantitative estimate of drug-likeness (QED) is 0.533. The molecule has 0 saturated heterocycles. The molecule has 1 atom stereocenters. The minimum atomic E-state index is -0.777. The summed E-state index contributed by atoms with van der Waals surface area (Å²) in [5.41, 5.74) is 1.31. The highest BCUT2D eigenvalue weighted by atomic mass is 35.6. The van der Waals surface area contributed by atoms with E-state index in [0.29, 0.717) is 0 Å².